The highest BCUT2D eigenvalue weighted by atomic mass is 16.7. The lowest BCUT2D eigenvalue weighted by molar-refractivity contribution is -0.361. The minimum atomic E-state index is -1.83. The second-order valence-corrected chi connectivity index (χ2v) is 18.6. The molecule has 2 aliphatic rings. The van der Waals surface area contributed by atoms with Crippen molar-refractivity contribution in [2.24, 2.45) is 11.8 Å². The van der Waals surface area contributed by atoms with E-state index in [0.717, 1.165) is 50.4 Å². The number of rotatable bonds is 36. The lowest BCUT2D eigenvalue weighted by atomic mass is 9.97. The molecule has 0 aromatic carbocycles. The lowest BCUT2D eigenvalue weighted by Gasteiger charge is -2.46. The third-order valence-corrected chi connectivity index (χ3v) is 12.0. The highest BCUT2D eigenvalue weighted by Gasteiger charge is 2.51. The van der Waals surface area contributed by atoms with Crippen LogP contribution in [0.25, 0.3) is 0 Å². The summed E-state index contributed by atoms with van der Waals surface area (Å²) in [6.07, 6.45) is 8.22. The highest BCUT2D eigenvalue weighted by molar-refractivity contribution is 5.70. The van der Waals surface area contributed by atoms with Crippen molar-refractivity contribution in [2.45, 2.75) is 249 Å². The Morgan fingerprint density at radius 1 is 0.484 bits per heavy atom. The van der Waals surface area contributed by atoms with Gasteiger partial charge >= 0.3 is 11.9 Å². The molecule has 0 saturated carbocycles. The third-order valence-electron chi connectivity index (χ3n) is 12.0. The fourth-order valence-corrected chi connectivity index (χ4v) is 7.98. The maximum Gasteiger partial charge on any atom is 0.306 e. The van der Waals surface area contributed by atoms with Gasteiger partial charge in [-0.2, -0.15) is 0 Å². The number of ether oxygens (including phenoxy) is 6. The Bertz CT molecular complexity index is 1130. The van der Waals surface area contributed by atoms with Gasteiger partial charge in [-0.3, -0.25) is 9.59 Å². The molecule has 0 aliphatic carbocycles. The summed E-state index contributed by atoms with van der Waals surface area (Å²) in [6, 6.07) is 0. The van der Waals surface area contributed by atoms with Crippen LogP contribution in [0, 0.1) is 11.8 Å². The molecule has 2 rings (SSSR count). The zero-order chi connectivity index (χ0) is 45.7. The van der Waals surface area contributed by atoms with Crippen molar-refractivity contribution in [3.8, 4) is 0 Å². The maximum atomic E-state index is 13.0. The Kier molecular flexibility index (Phi) is 31.0. The maximum absolute atomic E-state index is 13.0. The zero-order valence-corrected chi connectivity index (χ0v) is 38.7. The molecular weight excluding hydrogens is 805 g/mol. The van der Waals surface area contributed by atoms with E-state index in [2.05, 4.69) is 27.7 Å². The zero-order valence-electron chi connectivity index (χ0n) is 38.7. The van der Waals surface area contributed by atoms with Gasteiger partial charge in [-0.05, 0) is 24.7 Å². The van der Waals surface area contributed by atoms with Crippen LogP contribution in [-0.2, 0) is 38.0 Å². The predicted octanol–water partition coefficient (Wildman–Crippen LogP) is 5.76. The van der Waals surface area contributed by atoms with Crippen LogP contribution in [0.1, 0.15) is 182 Å². The third kappa shape index (κ3) is 23.6. The molecule has 11 atom stereocenters. The van der Waals surface area contributed by atoms with Crippen molar-refractivity contribution in [3.63, 3.8) is 0 Å². The predicted molar refractivity (Wildman–Crippen MR) is 234 cm³/mol. The van der Waals surface area contributed by atoms with Gasteiger partial charge in [-0.1, -0.05) is 156 Å². The Labute approximate surface area is 372 Å². The van der Waals surface area contributed by atoms with Crippen LogP contribution >= 0.6 is 0 Å². The molecule has 62 heavy (non-hydrogen) atoms. The summed E-state index contributed by atoms with van der Waals surface area (Å²) < 4.78 is 33.7. The van der Waals surface area contributed by atoms with Gasteiger partial charge in [0.1, 0.15) is 55.4 Å². The van der Waals surface area contributed by atoms with Gasteiger partial charge < -0.3 is 64.2 Å². The van der Waals surface area contributed by atoms with Gasteiger partial charge in [0.05, 0.1) is 19.8 Å². The molecule has 0 aromatic rings. The van der Waals surface area contributed by atoms with Crippen molar-refractivity contribution in [2.75, 3.05) is 26.4 Å². The number of carbonyl (C=O) groups excluding carboxylic acids is 2. The van der Waals surface area contributed by atoms with E-state index in [4.69, 9.17) is 28.4 Å². The topological polar surface area (TPSA) is 231 Å². The summed E-state index contributed by atoms with van der Waals surface area (Å²) in [4.78, 5) is 25.7. The van der Waals surface area contributed by atoms with E-state index in [1.165, 1.54) is 89.9 Å². The first-order valence-electron chi connectivity index (χ1n) is 24.3. The van der Waals surface area contributed by atoms with E-state index in [-0.39, 0.29) is 19.4 Å². The molecule has 0 spiro atoms. The Hall–Kier alpha value is -1.50. The molecule has 7 N–H and O–H groups in total. The van der Waals surface area contributed by atoms with E-state index in [1.807, 2.05) is 0 Å². The first kappa shape index (κ1) is 56.6. The van der Waals surface area contributed by atoms with Crippen LogP contribution in [0.2, 0.25) is 0 Å². The Morgan fingerprint density at radius 2 is 0.903 bits per heavy atom. The van der Waals surface area contributed by atoms with E-state index >= 15 is 0 Å². The average molecular weight is 893 g/mol. The molecule has 1 unspecified atom stereocenters. The van der Waals surface area contributed by atoms with Crippen LogP contribution < -0.4 is 0 Å². The SMILES string of the molecule is CC(C)CCCCCCCCCCCCC(=O)OCC(CO[C@H]1O[C@H](CO)[C@@H](O)[C@H](O[C@H]2O[C@H](CO)[C@@H](O)[C@H](O)[C@H]2O)[C@@H]1O)OC(=O)CCCCCCCCCCCCC(C)C. The van der Waals surface area contributed by atoms with Crippen LogP contribution in [0.4, 0.5) is 0 Å². The number of hydrogen-bond donors (Lipinski definition) is 7. The minimum absolute atomic E-state index is 0.161. The number of aliphatic hydroxyl groups excluding tert-OH is 7. The molecular formula is C47H88O15. The molecule has 2 aliphatic heterocycles. The molecule has 0 amide bonds. The Morgan fingerprint density at radius 3 is 1.37 bits per heavy atom. The summed E-state index contributed by atoms with van der Waals surface area (Å²) in [5.74, 6) is 0.603. The summed E-state index contributed by atoms with van der Waals surface area (Å²) in [5.41, 5.74) is 0. The summed E-state index contributed by atoms with van der Waals surface area (Å²) in [6.45, 7) is 6.91. The molecule has 15 heteroatoms. The highest BCUT2D eigenvalue weighted by Crippen LogP contribution is 2.30. The van der Waals surface area contributed by atoms with Crippen molar-refractivity contribution < 1.29 is 73.8 Å². The molecule has 2 heterocycles. The van der Waals surface area contributed by atoms with Crippen molar-refractivity contribution >= 4 is 11.9 Å². The molecule has 0 aromatic heterocycles. The number of aliphatic hydroxyl groups is 7. The Balaban J connectivity index is 1.88. The molecule has 0 radical (unpaired) electrons. The van der Waals surface area contributed by atoms with Crippen LogP contribution in [0.15, 0.2) is 0 Å². The fourth-order valence-electron chi connectivity index (χ4n) is 7.98. The van der Waals surface area contributed by atoms with Crippen molar-refractivity contribution in [1.29, 1.82) is 0 Å². The van der Waals surface area contributed by atoms with Crippen LogP contribution in [-0.4, -0.2) is 142 Å². The monoisotopic (exact) mass is 893 g/mol. The molecule has 0 bridgehead atoms. The van der Waals surface area contributed by atoms with Crippen molar-refractivity contribution in [1.82, 2.24) is 0 Å². The quantitative estimate of drug-likeness (QED) is 0.0293. The van der Waals surface area contributed by atoms with E-state index in [9.17, 15) is 45.3 Å². The number of esters is 2. The summed E-state index contributed by atoms with van der Waals surface area (Å²) >= 11 is 0. The van der Waals surface area contributed by atoms with E-state index < -0.39 is 99.3 Å². The van der Waals surface area contributed by atoms with Gasteiger partial charge in [0.25, 0.3) is 0 Å². The number of carbonyl (C=O) groups is 2. The summed E-state index contributed by atoms with van der Waals surface area (Å²) in [5, 5.41) is 72.5. The average Bonchev–Trinajstić information content (AvgIpc) is 3.24. The van der Waals surface area contributed by atoms with Crippen LogP contribution in [0.3, 0.4) is 0 Å². The van der Waals surface area contributed by atoms with Gasteiger partial charge in [0.2, 0.25) is 0 Å². The molecule has 2 saturated heterocycles. The van der Waals surface area contributed by atoms with Crippen molar-refractivity contribution in [3.05, 3.63) is 0 Å². The normalized spacial score (nSPS) is 27.2. The van der Waals surface area contributed by atoms with E-state index in [0.29, 0.717) is 12.8 Å². The van der Waals surface area contributed by atoms with Gasteiger partial charge in [-0.15, -0.1) is 0 Å². The molecule has 2 fully saturated rings. The molecule has 366 valence electrons. The standard InChI is InChI=1S/C47H88O15/c1-33(2)25-21-17-13-9-5-7-11-15-19-23-27-38(50)57-31-35(59-39(51)28-24-20-16-12-8-6-10-14-18-22-26-34(3)4)32-58-46-44(56)45(41(53)37(30-49)60-46)62-47-43(55)42(54)40(52)36(29-48)61-47/h33-37,40-49,52-56H,5-32H2,1-4H3/t35?,36-,37-,40-,41-,42+,43-,44+,45+,46+,47-/m1/s1. The van der Waals surface area contributed by atoms with Gasteiger partial charge in [0, 0.05) is 12.8 Å². The minimum Gasteiger partial charge on any atom is -0.462 e. The van der Waals surface area contributed by atoms with Crippen LogP contribution in [0.5, 0.6) is 0 Å². The van der Waals surface area contributed by atoms with Gasteiger partial charge in [-0.25, -0.2) is 0 Å². The second-order valence-electron chi connectivity index (χ2n) is 18.6. The number of hydrogen-bond acceptors (Lipinski definition) is 15. The molecule has 15 nitrogen and oxygen atoms in total. The first-order chi connectivity index (χ1) is 29.8. The van der Waals surface area contributed by atoms with E-state index in [1.54, 1.807) is 0 Å². The number of unbranched alkanes of at least 4 members (excludes halogenated alkanes) is 18. The largest absolute Gasteiger partial charge is 0.462 e. The fraction of sp³-hybridized carbons (Fsp3) is 0.957. The van der Waals surface area contributed by atoms with Gasteiger partial charge in [0.15, 0.2) is 18.7 Å². The second kappa shape index (κ2) is 33.9. The lowest BCUT2D eigenvalue weighted by Crippen LogP contribution is -2.65. The summed E-state index contributed by atoms with van der Waals surface area (Å²) in [7, 11) is 0. The first-order valence-corrected chi connectivity index (χ1v) is 24.3. The smallest absolute Gasteiger partial charge is 0.306 e.